The van der Waals surface area contributed by atoms with E-state index in [9.17, 15) is 13.2 Å². The first-order valence-electron chi connectivity index (χ1n) is 5.00. The molecule has 2 N–H and O–H groups in total. The smallest absolute Gasteiger partial charge is 0.399 e. The van der Waals surface area contributed by atoms with Crippen molar-refractivity contribution >= 4 is 17.3 Å². The summed E-state index contributed by atoms with van der Waals surface area (Å²) in [6.45, 7) is 0.162. The van der Waals surface area contributed by atoms with Gasteiger partial charge >= 0.3 is 6.18 Å². The molecule has 0 atom stereocenters. The second-order valence-electron chi connectivity index (χ2n) is 3.78. The van der Waals surface area contributed by atoms with Gasteiger partial charge in [0.25, 0.3) is 0 Å². The first-order valence-corrected chi connectivity index (χ1v) is 5.37. The van der Waals surface area contributed by atoms with Crippen LogP contribution in [0.1, 0.15) is 11.1 Å². The van der Waals surface area contributed by atoms with Gasteiger partial charge in [-0.2, -0.15) is 18.3 Å². The summed E-state index contributed by atoms with van der Waals surface area (Å²) in [5.74, 6) is 0. The molecule has 0 fully saturated rings. The van der Waals surface area contributed by atoms with E-state index in [1.165, 1.54) is 4.68 Å². The SMILES string of the molecule is Nc1ccc(Cn2cc(C(F)(F)F)cn2)c(Cl)c1. The molecule has 2 aromatic rings. The molecule has 0 saturated heterocycles. The highest BCUT2D eigenvalue weighted by atomic mass is 35.5. The lowest BCUT2D eigenvalue weighted by atomic mass is 10.2. The molecule has 0 aliphatic heterocycles. The van der Waals surface area contributed by atoms with Crippen LogP contribution >= 0.6 is 11.6 Å². The number of anilines is 1. The summed E-state index contributed by atoms with van der Waals surface area (Å²) in [4.78, 5) is 0. The molecule has 0 unspecified atom stereocenters. The number of rotatable bonds is 2. The average molecular weight is 276 g/mol. The van der Waals surface area contributed by atoms with Crippen molar-refractivity contribution < 1.29 is 13.2 Å². The third kappa shape index (κ3) is 2.76. The Kier molecular flexibility index (Phi) is 3.21. The summed E-state index contributed by atoms with van der Waals surface area (Å²) in [7, 11) is 0. The molecule has 3 nitrogen and oxygen atoms in total. The summed E-state index contributed by atoms with van der Waals surface area (Å²) in [6.07, 6.45) is -2.67. The first kappa shape index (κ1) is 12.8. The molecule has 2 rings (SSSR count). The van der Waals surface area contributed by atoms with Crippen LogP contribution < -0.4 is 5.73 Å². The van der Waals surface area contributed by atoms with Crippen LogP contribution in [0.4, 0.5) is 18.9 Å². The zero-order chi connectivity index (χ0) is 13.3. The molecule has 0 radical (unpaired) electrons. The molecule has 0 amide bonds. The molecule has 0 saturated carbocycles. The van der Waals surface area contributed by atoms with Crippen molar-refractivity contribution in [2.75, 3.05) is 5.73 Å². The maximum absolute atomic E-state index is 12.4. The van der Waals surface area contributed by atoms with E-state index in [1.54, 1.807) is 18.2 Å². The number of hydrogen-bond donors (Lipinski definition) is 1. The van der Waals surface area contributed by atoms with E-state index < -0.39 is 11.7 Å². The number of aromatic nitrogens is 2. The van der Waals surface area contributed by atoms with Gasteiger partial charge in [-0.05, 0) is 17.7 Å². The lowest BCUT2D eigenvalue weighted by molar-refractivity contribution is -0.137. The fourth-order valence-electron chi connectivity index (χ4n) is 1.46. The fraction of sp³-hybridized carbons (Fsp3) is 0.182. The molecule has 1 aromatic carbocycles. The Morgan fingerprint density at radius 1 is 1.33 bits per heavy atom. The van der Waals surface area contributed by atoms with Crippen molar-refractivity contribution in [3.05, 3.63) is 46.7 Å². The zero-order valence-electron chi connectivity index (χ0n) is 9.08. The lowest BCUT2D eigenvalue weighted by Gasteiger charge is -2.05. The van der Waals surface area contributed by atoms with Crippen LogP contribution in [-0.2, 0) is 12.7 Å². The Morgan fingerprint density at radius 3 is 2.61 bits per heavy atom. The molecule has 7 heteroatoms. The molecule has 0 aliphatic rings. The largest absolute Gasteiger partial charge is 0.419 e. The maximum Gasteiger partial charge on any atom is 0.419 e. The number of hydrogen-bond acceptors (Lipinski definition) is 2. The second kappa shape index (κ2) is 4.53. The van der Waals surface area contributed by atoms with E-state index in [-0.39, 0.29) is 6.54 Å². The summed E-state index contributed by atoms with van der Waals surface area (Å²) >= 11 is 5.93. The lowest BCUT2D eigenvalue weighted by Crippen LogP contribution is -2.04. The standard InChI is InChI=1S/C11H9ClF3N3/c12-10-3-9(16)2-1-7(10)5-18-6-8(4-17-18)11(13,14)15/h1-4,6H,5,16H2. The Morgan fingerprint density at radius 2 is 2.06 bits per heavy atom. The predicted octanol–water partition coefficient (Wildman–Crippen LogP) is 3.19. The number of nitrogens with zero attached hydrogens (tertiary/aromatic N) is 2. The monoisotopic (exact) mass is 275 g/mol. The molecule has 0 spiro atoms. The number of benzene rings is 1. The van der Waals surface area contributed by atoms with Gasteiger partial charge in [0, 0.05) is 16.9 Å². The highest BCUT2D eigenvalue weighted by molar-refractivity contribution is 6.31. The van der Waals surface area contributed by atoms with E-state index in [2.05, 4.69) is 5.10 Å². The van der Waals surface area contributed by atoms with Gasteiger partial charge in [0.05, 0.1) is 18.3 Å². The van der Waals surface area contributed by atoms with Crippen LogP contribution in [0.15, 0.2) is 30.6 Å². The summed E-state index contributed by atoms with van der Waals surface area (Å²) in [5, 5.41) is 4.05. The van der Waals surface area contributed by atoms with Crippen molar-refractivity contribution in [2.24, 2.45) is 0 Å². The molecule has 1 aromatic heterocycles. The Balaban J connectivity index is 2.21. The second-order valence-corrected chi connectivity index (χ2v) is 4.18. The van der Waals surface area contributed by atoms with Crippen molar-refractivity contribution in [3.8, 4) is 0 Å². The molecule has 0 aliphatic carbocycles. The first-order chi connectivity index (χ1) is 8.36. The molecular weight excluding hydrogens is 267 g/mol. The van der Waals surface area contributed by atoms with Crippen LogP contribution in [0.3, 0.4) is 0 Å². The summed E-state index contributed by atoms with van der Waals surface area (Å²) < 4.78 is 38.3. The van der Waals surface area contributed by atoms with Gasteiger partial charge in [-0.25, -0.2) is 0 Å². The fourth-order valence-corrected chi connectivity index (χ4v) is 1.71. The Bertz CT molecular complexity index is 563. The van der Waals surface area contributed by atoms with E-state index in [4.69, 9.17) is 17.3 Å². The van der Waals surface area contributed by atoms with Gasteiger partial charge < -0.3 is 5.73 Å². The Labute approximate surface area is 106 Å². The van der Waals surface area contributed by atoms with Crippen LogP contribution in [0, 0.1) is 0 Å². The normalized spacial score (nSPS) is 11.8. The maximum atomic E-state index is 12.4. The van der Waals surface area contributed by atoms with Gasteiger partial charge in [0.2, 0.25) is 0 Å². The average Bonchev–Trinajstić information content (AvgIpc) is 2.70. The number of alkyl halides is 3. The van der Waals surface area contributed by atoms with Crippen molar-refractivity contribution in [2.45, 2.75) is 12.7 Å². The van der Waals surface area contributed by atoms with Crippen molar-refractivity contribution in [3.63, 3.8) is 0 Å². The van der Waals surface area contributed by atoms with Crippen LogP contribution in [0.2, 0.25) is 5.02 Å². The number of halogens is 4. The zero-order valence-corrected chi connectivity index (χ0v) is 9.83. The van der Waals surface area contributed by atoms with E-state index in [1.807, 2.05) is 0 Å². The van der Waals surface area contributed by atoms with Gasteiger partial charge in [0.15, 0.2) is 0 Å². The van der Waals surface area contributed by atoms with E-state index in [0.717, 1.165) is 12.4 Å². The van der Waals surface area contributed by atoms with Crippen molar-refractivity contribution in [1.29, 1.82) is 0 Å². The van der Waals surface area contributed by atoms with E-state index in [0.29, 0.717) is 16.3 Å². The predicted molar refractivity (Wildman–Crippen MR) is 62.2 cm³/mol. The summed E-state index contributed by atoms with van der Waals surface area (Å²) in [6, 6.07) is 4.84. The number of nitrogens with two attached hydrogens (primary N) is 1. The minimum Gasteiger partial charge on any atom is -0.399 e. The number of nitrogen functional groups attached to an aromatic ring is 1. The third-order valence-corrected chi connectivity index (χ3v) is 2.72. The molecular formula is C11H9ClF3N3. The van der Waals surface area contributed by atoms with Gasteiger partial charge in [-0.1, -0.05) is 17.7 Å². The summed E-state index contributed by atoms with van der Waals surface area (Å²) in [5.41, 5.74) is 5.90. The molecule has 18 heavy (non-hydrogen) atoms. The topological polar surface area (TPSA) is 43.8 Å². The third-order valence-electron chi connectivity index (χ3n) is 2.37. The molecule has 1 heterocycles. The van der Waals surface area contributed by atoms with Gasteiger partial charge in [-0.15, -0.1) is 0 Å². The van der Waals surface area contributed by atoms with E-state index >= 15 is 0 Å². The van der Waals surface area contributed by atoms with Crippen LogP contribution in [-0.4, -0.2) is 9.78 Å². The van der Waals surface area contributed by atoms with Crippen LogP contribution in [0.25, 0.3) is 0 Å². The highest BCUT2D eigenvalue weighted by Crippen LogP contribution is 2.29. The quantitative estimate of drug-likeness (QED) is 0.856. The van der Waals surface area contributed by atoms with Gasteiger partial charge in [0.1, 0.15) is 0 Å². The minimum atomic E-state index is -4.39. The Hall–Kier alpha value is -1.69. The van der Waals surface area contributed by atoms with Gasteiger partial charge in [-0.3, -0.25) is 4.68 Å². The highest BCUT2D eigenvalue weighted by Gasteiger charge is 2.32. The molecule has 96 valence electrons. The minimum absolute atomic E-state index is 0.162. The van der Waals surface area contributed by atoms with Crippen molar-refractivity contribution in [1.82, 2.24) is 9.78 Å². The molecule has 0 bridgehead atoms. The van der Waals surface area contributed by atoms with Crippen LogP contribution in [0.5, 0.6) is 0 Å².